The molecule has 0 aliphatic carbocycles. The maximum Gasteiger partial charge on any atom is 0.246 e. The van der Waals surface area contributed by atoms with Crippen LogP contribution in [0.3, 0.4) is 0 Å². The summed E-state index contributed by atoms with van der Waals surface area (Å²) in [5.41, 5.74) is 6.26. The number of aryl methyl sites for hydroxylation is 2. The molecule has 1 aliphatic rings. The summed E-state index contributed by atoms with van der Waals surface area (Å²) in [7, 11) is 0. The van der Waals surface area contributed by atoms with E-state index in [1.54, 1.807) is 17.5 Å². The van der Waals surface area contributed by atoms with Crippen LogP contribution in [0.2, 0.25) is 0 Å². The van der Waals surface area contributed by atoms with E-state index in [1.165, 1.54) is 4.90 Å². The number of ether oxygens (including phenoxy) is 1. The second-order valence-electron chi connectivity index (χ2n) is 19.6. The summed E-state index contributed by atoms with van der Waals surface area (Å²) in [6, 6.07) is 14.0. The molecule has 4 amide bonds. The largest absolute Gasteiger partial charge is 0.391 e. The van der Waals surface area contributed by atoms with Gasteiger partial charge >= 0.3 is 0 Å². The van der Waals surface area contributed by atoms with Gasteiger partial charge in [-0.05, 0) is 59.9 Å². The lowest BCUT2D eigenvalue weighted by Gasteiger charge is -2.36. The molecule has 2 aromatic carbocycles. The average molecular weight is 866 g/mol. The molecule has 0 unspecified atom stereocenters. The first kappa shape index (κ1) is 46.3. The highest BCUT2D eigenvalue weighted by molar-refractivity contribution is 7.13. The van der Waals surface area contributed by atoms with Gasteiger partial charge in [0.2, 0.25) is 23.6 Å². The summed E-state index contributed by atoms with van der Waals surface area (Å²) < 4.78 is 6.15. The Bertz CT molecular complexity index is 2380. The number of pyridine rings is 1. The van der Waals surface area contributed by atoms with Gasteiger partial charge < -0.3 is 35.7 Å². The highest BCUT2D eigenvalue weighted by Crippen LogP contribution is 2.31. The number of carbonyl (C=O) groups excluding carboxylic acids is 4. The molecule has 1 aliphatic heterocycles. The minimum Gasteiger partial charge on any atom is -0.391 e. The topological polar surface area (TPSA) is 179 Å². The minimum atomic E-state index is -0.941. The number of amides is 4. The Hall–Kier alpha value is -5.18. The Morgan fingerprint density at radius 3 is 2.35 bits per heavy atom. The molecule has 0 radical (unpaired) electrons. The molecule has 4 heterocycles. The van der Waals surface area contributed by atoms with E-state index in [9.17, 15) is 24.3 Å². The predicted octanol–water partition coefficient (Wildman–Crippen LogP) is 7.03. The Morgan fingerprint density at radius 2 is 1.66 bits per heavy atom. The van der Waals surface area contributed by atoms with Gasteiger partial charge in [0.15, 0.2) is 0 Å². The van der Waals surface area contributed by atoms with Gasteiger partial charge in [-0.15, -0.1) is 11.3 Å². The van der Waals surface area contributed by atoms with Crippen molar-refractivity contribution in [2.45, 2.75) is 112 Å². The lowest BCUT2D eigenvalue weighted by Crippen LogP contribution is -2.58. The predicted molar refractivity (Wildman–Crippen MR) is 244 cm³/mol. The summed E-state index contributed by atoms with van der Waals surface area (Å²) in [5.74, 6) is -1.12. The van der Waals surface area contributed by atoms with E-state index in [2.05, 4.69) is 49.1 Å². The minimum absolute atomic E-state index is 0.00748. The fourth-order valence-corrected chi connectivity index (χ4v) is 8.81. The van der Waals surface area contributed by atoms with Gasteiger partial charge in [-0.3, -0.25) is 24.2 Å². The van der Waals surface area contributed by atoms with Crippen molar-refractivity contribution in [3.8, 4) is 10.4 Å². The third-order valence-electron chi connectivity index (χ3n) is 11.6. The van der Waals surface area contributed by atoms with Crippen LogP contribution in [-0.4, -0.2) is 93.1 Å². The number of H-pyrrole nitrogens is 1. The zero-order valence-corrected chi connectivity index (χ0v) is 38.4. The number of hydrogen-bond donors (Lipinski definition) is 5. The SMILES string of the molecule is Cc1ncsc1-c1ccc([C@H](C)NC(=O)[C@H]2C[C@H](O)CN2C(=O)[C@@H](NC(=O)CC(C)(C)COCC(C)(C)CNC(=O)CCc2ccc3c(c2)[nH]c2ccncc23)C(C)(C)C)cc1. The molecule has 13 nitrogen and oxygen atoms in total. The molecule has 5 N–H and O–H groups in total. The molecule has 0 bridgehead atoms. The third kappa shape index (κ3) is 11.6. The van der Waals surface area contributed by atoms with Crippen molar-refractivity contribution < 1.29 is 29.0 Å². The van der Waals surface area contributed by atoms with Crippen LogP contribution in [0.5, 0.6) is 0 Å². The van der Waals surface area contributed by atoms with Gasteiger partial charge in [0.05, 0.1) is 41.4 Å². The Morgan fingerprint density at radius 1 is 0.935 bits per heavy atom. The van der Waals surface area contributed by atoms with Crippen molar-refractivity contribution in [2.24, 2.45) is 16.2 Å². The quantitative estimate of drug-likeness (QED) is 0.0662. The van der Waals surface area contributed by atoms with Crippen LogP contribution in [0.25, 0.3) is 32.2 Å². The molecule has 5 aromatic rings. The van der Waals surface area contributed by atoms with Crippen LogP contribution in [0, 0.1) is 23.2 Å². The van der Waals surface area contributed by atoms with E-state index >= 15 is 0 Å². The van der Waals surface area contributed by atoms with Gasteiger partial charge in [0, 0.05) is 72.0 Å². The lowest BCUT2D eigenvalue weighted by atomic mass is 9.84. The van der Waals surface area contributed by atoms with Gasteiger partial charge in [0.1, 0.15) is 12.1 Å². The van der Waals surface area contributed by atoms with Crippen LogP contribution in [0.1, 0.15) is 97.5 Å². The zero-order valence-electron chi connectivity index (χ0n) is 37.6. The van der Waals surface area contributed by atoms with Crippen molar-refractivity contribution >= 4 is 56.8 Å². The number of aromatic nitrogens is 3. The Balaban J connectivity index is 0.959. The normalized spacial score (nSPS) is 17.0. The third-order valence-corrected chi connectivity index (χ3v) is 12.5. The second kappa shape index (κ2) is 19.1. The average Bonchev–Trinajstić information content (AvgIpc) is 3.93. The maximum absolute atomic E-state index is 14.2. The van der Waals surface area contributed by atoms with E-state index in [0.717, 1.165) is 49.1 Å². The van der Waals surface area contributed by atoms with Gasteiger partial charge in [-0.1, -0.05) is 84.9 Å². The molecular weight excluding hydrogens is 803 g/mol. The van der Waals surface area contributed by atoms with E-state index in [-0.39, 0.29) is 55.2 Å². The molecular formula is C48H63N7O6S. The van der Waals surface area contributed by atoms with Crippen molar-refractivity contribution in [2.75, 3.05) is 26.3 Å². The molecule has 4 atom stereocenters. The maximum atomic E-state index is 14.2. The fraction of sp³-hybridized carbons (Fsp3) is 0.500. The number of aliphatic hydroxyl groups is 1. The first-order valence-corrected chi connectivity index (χ1v) is 22.4. The molecule has 14 heteroatoms. The lowest BCUT2D eigenvalue weighted by molar-refractivity contribution is -0.144. The van der Waals surface area contributed by atoms with Crippen molar-refractivity contribution in [1.29, 1.82) is 0 Å². The number of β-amino-alcohol motifs (C(OH)–C–C–N with tert-alkyl or cyclic N) is 1. The summed E-state index contributed by atoms with van der Waals surface area (Å²) in [5, 5.41) is 22.0. The Labute approximate surface area is 368 Å². The molecule has 0 saturated carbocycles. The second-order valence-corrected chi connectivity index (χ2v) is 20.4. The molecule has 62 heavy (non-hydrogen) atoms. The van der Waals surface area contributed by atoms with E-state index in [4.69, 9.17) is 4.74 Å². The molecule has 1 fully saturated rings. The van der Waals surface area contributed by atoms with E-state index < -0.39 is 34.9 Å². The number of likely N-dealkylation sites (tertiary alicyclic amines) is 1. The highest BCUT2D eigenvalue weighted by Gasteiger charge is 2.45. The zero-order chi connectivity index (χ0) is 45.0. The number of benzene rings is 2. The van der Waals surface area contributed by atoms with Gasteiger partial charge in [-0.25, -0.2) is 4.98 Å². The van der Waals surface area contributed by atoms with Crippen molar-refractivity contribution in [3.05, 3.63) is 83.3 Å². The van der Waals surface area contributed by atoms with Crippen LogP contribution in [-0.2, 0) is 30.3 Å². The molecule has 0 spiro atoms. The number of rotatable bonds is 17. The van der Waals surface area contributed by atoms with Gasteiger partial charge in [-0.2, -0.15) is 0 Å². The number of thiazole rings is 1. The van der Waals surface area contributed by atoms with E-state index in [1.807, 2.05) is 104 Å². The number of fused-ring (bicyclic) bond motifs is 3. The summed E-state index contributed by atoms with van der Waals surface area (Å²) in [6.07, 6.45) is 3.92. The first-order valence-electron chi connectivity index (χ1n) is 21.5. The Kier molecular flexibility index (Phi) is 14.2. The van der Waals surface area contributed by atoms with Gasteiger partial charge in [0.25, 0.3) is 0 Å². The summed E-state index contributed by atoms with van der Waals surface area (Å²) in [4.78, 5) is 68.9. The van der Waals surface area contributed by atoms with Crippen LogP contribution < -0.4 is 16.0 Å². The molecule has 3 aromatic heterocycles. The summed E-state index contributed by atoms with van der Waals surface area (Å²) >= 11 is 1.58. The molecule has 332 valence electrons. The summed E-state index contributed by atoms with van der Waals surface area (Å²) in [6.45, 7) is 18.5. The number of hydrogen-bond acceptors (Lipinski definition) is 9. The number of aliphatic hydroxyl groups excluding tert-OH is 1. The standard InChI is InChI=1S/C48H63N7O6S/c1-29(32-12-14-33(15-13-32)42-30(2)51-28-62-42)52-44(59)39-21-34(56)24-55(39)45(60)43(46(3,4)5)54-41(58)22-47(6,7)26-61-27-48(8,9)25-50-40(57)17-11-31-10-16-35-36-23-49-19-18-37(36)53-38(35)20-31/h10,12-16,18-20,23,28-29,34,39,43,53,56H,11,17,21-22,24-27H2,1-9H3,(H,50,57)(H,52,59)(H,54,58)/t29-,34-,39+,43+/m0/s1. The number of carbonyl (C=O) groups is 4. The molecule has 1 saturated heterocycles. The highest BCUT2D eigenvalue weighted by atomic mass is 32.1. The molecule has 6 rings (SSSR count). The number of aromatic amines is 1. The number of nitrogens with one attached hydrogen (secondary N) is 4. The van der Waals surface area contributed by atoms with Crippen molar-refractivity contribution in [1.82, 2.24) is 35.8 Å². The van der Waals surface area contributed by atoms with Crippen LogP contribution >= 0.6 is 11.3 Å². The van der Waals surface area contributed by atoms with Crippen LogP contribution in [0.4, 0.5) is 0 Å². The fourth-order valence-electron chi connectivity index (χ4n) is 8.00. The smallest absolute Gasteiger partial charge is 0.246 e. The number of nitrogens with zero attached hydrogens (tertiary/aromatic N) is 3. The van der Waals surface area contributed by atoms with E-state index in [0.29, 0.717) is 26.0 Å². The van der Waals surface area contributed by atoms with Crippen molar-refractivity contribution in [3.63, 3.8) is 0 Å². The monoisotopic (exact) mass is 865 g/mol. The first-order chi connectivity index (χ1) is 29.2. The van der Waals surface area contributed by atoms with Crippen LogP contribution in [0.15, 0.2) is 66.4 Å².